The van der Waals surface area contributed by atoms with Crippen LogP contribution in [0.1, 0.15) is 19.8 Å². The van der Waals surface area contributed by atoms with Crippen LogP contribution in [-0.2, 0) is 4.79 Å². The Kier molecular flexibility index (Phi) is 3.25. The van der Waals surface area contributed by atoms with E-state index in [0.29, 0.717) is 6.04 Å². The molecule has 0 spiro atoms. The highest BCUT2D eigenvalue weighted by Gasteiger charge is 2.25. The minimum absolute atomic E-state index is 0.0799. The first-order chi connectivity index (χ1) is 6.09. The van der Waals surface area contributed by atoms with Crippen molar-refractivity contribution < 1.29 is 9.59 Å². The number of primary amides is 1. The van der Waals surface area contributed by atoms with Gasteiger partial charge >= 0.3 is 6.03 Å². The topological polar surface area (TPSA) is 84.2 Å². The minimum Gasteiger partial charge on any atom is -0.351 e. The van der Waals surface area contributed by atoms with Crippen LogP contribution >= 0.6 is 0 Å². The Morgan fingerprint density at radius 3 is 2.77 bits per heavy atom. The number of nitrogens with one attached hydrogen (secondary N) is 2. The summed E-state index contributed by atoms with van der Waals surface area (Å²) in [6, 6.07) is -0.437. The molecular weight excluding hydrogens is 170 g/mol. The fourth-order valence-electron chi connectivity index (χ4n) is 1.59. The van der Waals surface area contributed by atoms with Crippen molar-refractivity contribution in [1.29, 1.82) is 0 Å². The van der Waals surface area contributed by atoms with Crippen molar-refractivity contribution in [3.63, 3.8) is 0 Å². The number of hydrogen-bond donors (Lipinski definition) is 3. The molecule has 0 aromatic heterocycles. The van der Waals surface area contributed by atoms with Crippen molar-refractivity contribution in [2.24, 2.45) is 11.7 Å². The minimum atomic E-state index is -0.767. The Hall–Kier alpha value is -1.10. The number of piperidine rings is 1. The third kappa shape index (κ3) is 3.02. The van der Waals surface area contributed by atoms with Crippen LogP contribution in [0.4, 0.5) is 4.79 Å². The van der Waals surface area contributed by atoms with Crippen LogP contribution in [0.5, 0.6) is 0 Å². The van der Waals surface area contributed by atoms with Crippen LogP contribution in [0.15, 0.2) is 0 Å². The molecule has 1 rings (SSSR count). The molecule has 5 nitrogen and oxygen atoms in total. The lowest BCUT2D eigenvalue weighted by Crippen LogP contribution is -2.45. The van der Waals surface area contributed by atoms with Crippen LogP contribution < -0.4 is 16.4 Å². The lowest BCUT2D eigenvalue weighted by Gasteiger charge is -2.26. The van der Waals surface area contributed by atoms with E-state index in [2.05, 4.69) is 10.6 Å². The zero-order valence-corrected chi connectivity index (χ0v) is 7.67. The Morgan fingerprint density at radius 2 is 2.23 bits per heavy atom. The SMILES string of the molecule is CC1CC(C(=O)NC(N)=O)CCN1. The molecule has 1 aliphatic rings. The zero-order chi connectivity index (χ0) is 9.84. The summed E-state index contributed by atoms with van der Waals surface area (Å²) < 4.78 is 0. The summed E-state index contributed by atoms with van der Waals surface area (Å²) >= 11 is 0. The van der Waals surface area contributed by atoms with Gasteiger partial charge in [-0.25, -0.2) is 4.79 Å². The molecule has 0 aliphatic carbocycles. The second-order valence-electron chi connectivity index (χ2n) is 3.43. The van der Waals surface area contributed by atoms with Crippen molar-refractivity contribution >= 4 is 11.9 Å². The smallest absolute Gasteiger partial charge is 0.318 e. The van der Waals surface area contributed by atoms with E-state index in [-0.39, 0.29) is 11.8 Å². The average Bonchev–Trinajstić information content (AvgIpc) is 2.03. The molecule has 1 fully saturated rings. The molecule has 4 N–H and O–H groups in total. The second-order valence-corrected chi connectivity index (χ2v) is 3.43. The lowest BCUT2D eigenvalue weighted by molar-refractivity contribution is -0.124. The van der Waals surface area contributed by atoms with Gasteiger partial charge in [0.05, 0.1) is 0 Å². The molecule has 13 heavy (non-hydrogen) atoms. The van der Waals surface area contributed by atoms with Crippen LogP contribution in [0, 0.1) is 5.92 Å². The largest absolute Gasteiger partial charge is 0.351 e. The van der Waals surface area contributed by atoms with Gasteiger partial charge in [-0.1, -0.05) is 0 Å². The normalized spacial score (nSPS) is 28.1. The summed E-state index contributed by atoms with van der Waals surface area (Å²) in [6.45, 7) is 2.84. The number of rotatable bonds is 1. The number of nitrogens with two attached hydrogens (primary N) is 1. The number of carbonyl (C=O) groups is 2. The molecule has 3 amide bonds. The van der Waals surface area contributed by atoms with Crippen LogP contribution in [-0.4, -0.2) is 24.5 Å². The highest BCUT2D eigenvalue weighted by Crippen LogP contribution is 2.15. The molecule has 0 saturated carbocycles. The van der Waals surface area contributed by atoms with E-state index < -0.39 is 6.03 Å². The first-order valence-corrected chi connectivity index (χ1v) is 4.43. The van der Waals surface area contributed by atoms with Gasteiger partial charge < -0.3 is 11.1 Å². The van der Waals surface area contributed by atoms with E-state index in [1.54, 1.807) is 0 Å². The molecule has 1 saturated heterocycles. The van der Waals surface area contributed by atoms with Gasteiger partial charge in [-0.3, -0.25) is 10.1 Å². The summed E-state index contributed by atoms with van der Waals surface area (Å²) in [5.41, 5.74) is 4.85. The molecule has 74 valence electrons. The third-order valence-corrected chi connectivity index (χ3v) is 2.24. The predicted molar refractivity (Wildman–Crippen MR) is 47.9 cm³/mol. The summed E-state index contributed by atoms with van der Waals surface area (Å²) in [5, 5.41) is 5.33. The van der Waals surface area contributed by atoms with E-state index in [4.69, 9.17) is 5.73 Å². The number of urea groups is 1. The molecule has 1 aliphatic heterocycles. The fourth-order valence-corrected chi connectivity index (χ4v) is 1.59. The molecule has 0 radical (unpaired) electrons. The zero-order valence-electron chi connectivity index (χ0n) is 7.67. The van der Waals surface area contributed by atoms with Crippen molar-refractivity contribution in [3.8, 4) is 0 Å². The monoisotopic (exact) mass is 185 g/mol. The number of amides is 3. The second kappa shape index (κ2) is 4.23. The highest BCUT2D eigenvalue weighted by atomic mass is 16.2. The Bertz CT molecular complexity index is 217. The summed E-state index contributed by atoms with van der Waals surface area (Å²) in [7, 11) is 0. The van der Waals surface area contributed by atoms with Gasteiger partial charge in [0, 0.05) is 12.0 Å². The van der Waals surface area contributed by atoms with Gasteiger partial charge in [0.1, 0.15) is 0 Å². The molecule has 0 aromatic rings. The van der Waals surface area contributed by atoms with Crippen LogP contribution in [0.2, 0.25) is 0 Å². The maximum Gasteiger partial charge on any atom is 0.318 e. The predicted octanol–water partition coefficient (Wildman–Crippen LogP) is -0.431. The molecule has 5 heteroatoms. The van der Waals surface area contributed by atoms with Gasteiger partial charge in [-0.2, -0.15) is 0 Å². The van der Waals surface area contributed by atoms with E-state index in [1.165, 1.54) is 0 Å². The first-order valence-electron chi connectivity index (χ1n) is 4.43. The van der Waals surface area contributed by atoms with E-state index in [9.17, 15) is 9.59 Å². The highest BCUT2D eigenvalue weighted by molar-refractivity contribution is 5.94. The molecule has 0 aromatic carbocycles. The Labute approximate surface area is 77.1 Å². The van der Waals surface area contributed by atoms with Gasteiger partial charge in [-0.15, -0.1) is 0 Å². The van der Waals surface area contributed by atoms with Crippen LogP contribution in [0.3, 0.4) is 0 Å². The first kappa shape index (κ1) is 9.98. The maximum atomic E-state index is 11.3. The van der Waals surface area contributed by atoms with Gasteiger partial charge in [0.2, 0.25) is 5.91 Å². The number of hydrogen-bond acceptors (Lipinski definition) is 3. The molecular formula is C8H15N3O2. The van der Waals surface area contributed by atoms with Crippen LogP contribution in [0.25, 0.3) is 0 Å². The van der Waals surface area contributed by atoms with Crippen molar-refractivity contribution in [1.82, 2.24) is 10.6 Å². The van der Waals surface area contributed by atoms with E-state index >= 15 is 0 Å². The van der Waals surface area contributed by atoms with Gasteiger partial charge in [0.15, 0.2) is 0 Å². The van der Waals surface area contributed by atoms with Gasteiger partial charge in [0.25, 0.3) is 0 Å². The van der Waals surface area contributed by atoms with Crippen molar-refractivity contribution in [3.05, 3.63) is 0 Å². The number of imide groups is 1. The summed E-state index contributed by atoms with van der Waals surface area (Å²) in [4.78, 5) is 21.7. The summed E-state index contributed by atoms with van der Waals surface area (Å²) in [6.07, 6.45) is 1.53. The Morgan fingerprint density at radius 1 is 1.54 bits per heavy atom. The average molecular weight is 185 g/mol. The van der Waals surface area contributed by atoms with Crippen molar-refractivity contribution in [2.45, 2.75) is 25.8 Å². The maximum absolute atomic E-state index is 11.3. The quantitative estimate of drug-likeness (QED) is 0.518. The lowest BCUT2D eigenvalue weighted by atomic mass is 9.92. The third-order valence-electron chi connectivity index (χ3n) is 2.24. The van der Waals surface area contributed by atoms with Crippen molar-refractivity contribution in [2.75, 3.05) is 6.54 Å². The number of carbonyl (C=O) groups excluding carboxylic acids is 2. The molecule has 2 atom stereocenters. The molecule has 0 bridgehead atoms. The summed E-state index contributed by atoms with van der Waals surface area (Å²) in [5.74, 6) is -0.329. The Balaban J connectivity index is 2.41. The van der Waals surface area contributed by atoms with E-state index in [0.717, 1.165) is 19.4 Å². The molecule has 2 unspecified atom stereocenters. The van der Waals surface area contributed by atoms with E-state index in [1.807, 2.05) is 6.92 Å². The standard InChI is InChI=1S/C8H15N3O2/c1-5-4-6(2-3-10-5)7(12)11-8(9)13/h5-6,10H,2-4H2,1H3,(H3,9,11,12,13). The molecule has 1 heterocycles. The van der Waals surface area contributed by atoms with Gasteiger partial charge in [-0.05, 0) is 26.3 Å². The fraction of sp³-hybridized carbons (Fsp3) is 0.750.